The number of methoxy groups -OCH3 is 1. The van der Waals surface area contributed by atoms with Crippen LogP contribution in [0.4, 0.5) is 0 Å². The third-order valence-electron chi connectivity index (χ3n) is 4.48. The van der Waals surface area contributed by atoms with Crippen molar-refractivity contribution in [3.05, 3.63) is 0 Å². The van der Waals surface area contributed by atoms with E-state index in [9.17, 15) is 35.7 Å². The van der Waals surface area contributed by atoms with Crippen LogP contribution in [0.5, 0.6) is 0 Å². The van der Waals surface area contributed by atoms with Gasteiger partial charge in [-0.15, -0.1) is 0 Å². The van der Waals surface area contributed by atoms with Gasteiger partial charge in [0.05, 0.1) is 27.4 Å². The average molecular weight is 404 g/mol. The minimum absolute atomic E-state index is 0.271. The third-order valence-corrected chi connectivity index (χ3v) is 4.48. The Morgan fingerprint density at radius 3 is 1.48 bits per heavy atom. The van der Waals surface area contributed by atoms with Crippen molar-refractivity contribution in [2.24, 2.45) is 0 Å². The highest BCUT2D eigenvalue weighted by Crippen LogP contribution is 2.16. The summed E-state index contributed by atoms with van der Waals surface area (Å²) < 4.78 is 4.46. The van der Waals surface area contributed by atoms with Crippen molar-refractivity contribution in [2.45, 2.75) is 48.8 Å². The summed E-state index contributed by atoms with van der Waals surface area (Å²) in [7, 11) is 3.87. The van der Waals surface area contributed by atoms with Crippen LogP contribution < -0.4 is 0 Å². The first kappa shape index (κ1) is 26.5. The molecule has 0 bridgehead atoms. The van der Waals surface area contributed by atoms with Gasteiger partial charge < -0.3 is 50.7 Å². The van der Waals surface area contributed by atoms with E-state index in [1.165, 1.54) is 21.3 Å². The maximum Gasteiger partial charge on any atom is 0.137 e. The van der Waals surface area contributed by atoms with E-state index >= 15 is 0 Å². The van der Waals surface area contributed by atoms with Crippen molar-refractivity contribution in [3.63, 3.8) is 0 Å². The minimum Gasteiger partial charge on any atom is -0.394 e. The lowest BCUT2D eigenvalue weighted by Crippen LogP contribution is -2.59. The molecule has 164 valence electrons. The van der Waals surface area contributed by atoms with Crippen molar-refractivity contribution < 1.29 is 60.2 Å². The lowest BCUT2D eigenvalue weighted by Gasteiger charge is -2.37. The predicted octanol–water partition coefficient (Wildman–Crippen LogP) is -5.48. The van der Waals surface area contributed by atoms with E-state index in [-0.39, 0.29) is 13.1 Å². The highest BCUT2D eigenvalue weighted by Gasteiger charge is 2.41. The van der Waals surface area contributed by atoms with E-state index < -0.39 is 66.7 Å². The molecule has 0 aromatic carbocycles. The number of hydroxylamine groups is 3. The Balaban J connectivity index is 5.09. The fourth-order valence-corrected chi connectivity index (χ4v) is 2.64. The van der Waals surface area contributed by atoms with Gasteiger partial charge in [0.25, 0.3) is 0 Å². The zero-order valence-corrected chi connectivity index (χ0v) is 15.7. The van der Waals surface area contributed by atoms with Crippen LogP contribution in [0.15, 0.2) is 0 Å². The van der Waals surface area contributed by atoms with E-state index in [0.717, 1.165) is 0 Å². The molecule has 0 aliphatic carbocycles. The van der Waals surface area contributed by atoms with E-state index in [1.54, 1.807) is 0 Å². The Morgan fingerprint density at radius 1 is 0.667 bits per heavy atom. The second kappa shape index (κ2) is 12.2. The summed E-state index contributed by atoms with van der Waals surface area (Å²) in [4.78, 5) is 5.22. The predicted molar refractivity (Wildman–Crippen MR) is 89.9 cm³/mol. The van der Waals surface area contributed by atoms with Crippen LogP contribution in [0.1, 0.15) is 0 Å². The number of aliphatic hydroxyl groups is 9. The summed E-state index contributed by atoms with van der Waals surface area (Å²) in [5, 5.41) is 86.5. The highest BCUT2D eigenvalue weighted by molar-refractivity contribution is 4.83. The normalized spacial score (nSPS) is 23.6. The molecule has 0 rings (SSSR count). The molecule has 0 aromatic heterocycles. The summed E-state index contributed by atoms with van der Waals surface area (Å²) in [6.07, 6.45) is -12.7. The fourth-order valence-electron chi connectivity index (χ4n) is 2.64. The highest BCUT2D eigenvalue weighted by atomic mass is 16.7. The Labute approximate surface area is 157 Å². The summed E-state index contributed by atoms with van der Waals surface area (Å²) in [6, 6.07) is 0. The van der Waals surface area contributed by atoms with Gasteiger partial charge in [0.1, 0.15) is 61.9 Å². The molecule has 0 aromatic rings. The molecule has 0 aliphatic rings. The van der Waals surface area contributed by atoms with Gasteiger partial charge in [-0.2, -0.15) is 4.65 Å². The lowest BCUT2D eigenvalue weighted by atomic mass is 10.0. The molecule has 0 fully saturated rings. The van der Waals surface area contributed by atoms with E-state index in [0.29, 0.717) is 0 Å². The molecule has 9 N–H and O–H groups in total. The Bertz CT molecular complexity index is 404. The first-order valence-corrected chi connectivity index (χ1v) is 8.39. The van der Waals surface area contributed by atoms with Gasteiger partial charge in [-0.1, -0.05) is 0 Å². The number of aliphatic hydroxyl groups excluding tert-OH is 9. The molecule has 5 unspecified atom stereocenters. The van der Waals surface area contributed by atoms with Crippen molar-refractivity contribution >= 4 is 0 Å². The molecule has 0 saturated carbocycles. The van der Waals surface area contributed by atoms with Crippen molar-refractivity contribution in [3.8, 4) is 0 Å². The van der Waals surface area contributed by atoms with Gasteiger partial charge in [0, 0.05) is 7.11 Å². The van der Waals surface area contributed by atoms with E-state index in [4.69, 9.17) is 19.8 Å². The van der Waals surface area contributed by atoms with Crippen LogP contribution in [0, 0.1) is 0 Å². The Hall–Kier alpha value is -0.480. The fraction of sp³-hybridized carbons (Fsp3) is 1.00. The molecule has 12 heteroatoms. The summed E-state index contributed by atoms with van der Waals surface area (Å²) in [5.74, 6) is 0. The maximum atomic E-state index is 10.3. The molecular weight excluding hydrogens is 370 g/mol. The minimum atomic E-state index is -1.81. The Kier molecular flexibility index (Phi) is 11.9. The molecule has 12 nitrogen and oxygen atoms in total. The molecule has 27 heavy (non-hydrogen) atoms. The number of hydrogen-bond acceptors (Lipinski definition) is 11. The SMILES string of the molecule is CO[C@@H]([C@H](O)C(O)CO)[C@@H](O)C[N+](C)(CC(O)C(O)C(O)[C@H](O)CO)OC. The molecule has 9 atom stereocenters. The number of likely N-dealkylation sites (N-methyl/N-ethyl adjacent to an activating group) is 1. The number of rotatable bonds is 14. The molecular formula is C15H34NO11+. The second-order valence-electron chi connectivity index (χ2n) is 6.65. The smallest absolute Gasteiger partial charge is 0.137 e. The maximum absolute atomic E-state index is 10.3. The lowest BCUT2D eigenvalue weighted by molar-refractivity contribution is -1.09. The van der Waals surface area contributed by atoms with Crippen LogP contribution in [0.2, 0.25) is 0 Å². The van der Waals surface area contributed by atoms with Crippen molar-refractivity contribution in [1.29, 1.82) is 0 Å². The number of ether oxygens (including phenoxy) is 1. The summed E-state index contributed by atoms with van der Waals surface area (Å²) in [5.41, 5.74) is 0. The quantitative estimate of drug-likeness (QED) is 0.0987. The van der Waals surface area contributed by atoms with Crippen LogP contribution in [0.3, 0.4) is 0 Å². The Morgan fingerprint density at radius 2 is 1.07 bits per heavy atom. The number of quaternary nitrogens is 1. The topological polar surface area (TPSA) is 201 Å². The van der Waals surface area contributed by atoms with Crippen LogP contribution in [-0.4, -0.2) is 147 Å². The van der Waals surface area contributed by atoms with Crippen LogP contribution in [-0.2, 0) is 9.57 Å². The van der Waals surface area contributed by atoms with Gasteiger partial charge in [0.15, 0.2) is 0 Å². The molecule has 0 saturated heterocycles. The summed E-state index contributed by atoms with van der Waals surface area (Å²) >= 11 is 0. The summed E-state index contributed by atoms with van der Waals surface area (Å²) in [6.45, 7) is -2.19. The number of nitrogens with zero attached hydrogens (tertiary/aromatic N) is 1. The number of hydrogen-bond donors (Lipinski definition) is 9. The standard InChI is InChI=1S/C15H34NO11/c1-16(27-3,4-8(19)12(23)13(24)10(21)6-17)5-9(20)15(26-2)14(25)11(22)7-18/h8-15,17-25H,4-7H2,1-3H3/q+1/t8?,9-,10+,11?,12?,13?,14+,15+,16?/m0/s1. The largest absolute Gasteiger partial charge is 0.394 e. The van der Waals surface area contributed by atoms with Gasteiger partial charge in [0.2, 0.25) is 0 Å². The van der Waals surface area contributed by atoms with Crippen molar-refractivity contribution in [2.75, 3.05) is 47.6 Å². The van der Waals surface area contributed by atoms with Gasteiger partial charge in [-0.3, -0.25) is 0 Å². The second-order valence-corrected chi connectivity index (χ2v) is 6.65. The molecule has 0 aliphatic heterocycles. The first-order chi connectivity index (χ1) is 12.5. The average Bonchev–Trinajstić information content (AvgIpc) is 2.65. The van der Waals surface area contributed by atoms with Gasteiger partial charge >= 0.3 is 0 Å². The van der Waals surface area contributed by atoms with Crippen LogP contribution >= 0.6 is 0 Å². The van der Waals surface area contributed by atoms with Crippen LogP contribution in [0.25, 0.3) is 0 Å². The van der Waals surface area contributed by atoms with E-state index in [1.807, 2.05) is 0 Å². The zero-order valence-electron chi connectivity index (χ0n) is 15.7. The van der Waals surface area contributed by atoms with Gasteiger partial charge in [-0.25, -0.2) is 4.84 Å². The first-order valence-electron chi connectivity index (χ1n) is 8.39. The van der Waals surface area contributed by atoms with Crippen molar-refractivity contribution in [1.82, 2.24) is 0 Å². The zero-order chi connectivity index (χ0) is 21.4. The van der Waals surface area contributed by atoms with E-state index in [2.05, 4.69) is 0 Å². The van der Waals surface area contributed by atoms with Gasteiger partial charge in [-0.05, 0) is 0 Å². The molecule has 0 radical (unpaired) electrons. The monoisotopic (exact) mass is 404 g/mol. The third kappa shape index (κ3) is 7.81. The molecule has 0 heterocycles. The molecule has 0 spiro atoms. The molecule has 0 amide bonds.